The van der Waals surface area contributed by atoms with E-state index in [1.165, 1.54) is 13.2 Å². The number of hydrogen-bond acceptors (Lipinski definition) is 3. The normalized spacial score (nSPS) is 10.0. The molecule has 1 aromatic carbocycles. The third-order valence-corrected chi connectivity index (χ3v) is 2.45. The molecule has 0 unspecified atom stereocenters. The van der Waals surface area contributed by atoms with E-state index in [0.717, 1.165) is 6.07 Å². The average molecular weight is 263 g/mol. The van der Waals surface area contributed by atoms with Crippen LogP contribution in [0.4, 0.5) is 4.39 Å². The zero-order valence-electron chi connectivity index (χ0n) is 7.38. The molecule has 76 valence electrons. The predicted octanol–water partition coefficient (Wildman–Crippen LogP) is 1.87. The van der Waals surface area contributed by atoms with E-state index in [-0.39, 0.29) is 12.2 Å². The molecule has 0 aliphatic rings. The summed E-state index contributed by atoms with van der Waals surface area (Å²) in [6, 6.07) is 2.38. The van der Waals surface area contributed by atoms with Crippen LogP contribution in [0.3, 0.4) is 0 Å². The molecule has 0 saturated carbocycles. The topological polar surface area (TPSA) is 46.5 Å². The summed E-state index contributed by atoms with van der Waals surface area (Å²) in [5.74, 6) is -1.45. The fourth-order valence-corrected chi connectivity index (χ4v) is 1.44. The maximum absolute atomic E-state index is 13.2. The molecule has 0 atom stereocenters. The second-order valence-electron chi connectivity index (χ2n) is 2.57. The van der Waals surface area contributed by atoms with E-state index < -0.39 is 11.8 Å². The quantitative estimate of drug-likeness (QED) is 0.828. The number of carbonyl (C=O) groups is 1. The summed E-state index contributed by atoms with van der Waals surface area (Å²) in [7, 11) is 1.18. The Morgan fingerprint density at radius 3 is 2.79 bits per heavy atom. The summed E-state index contributed by atoms with van der Waals surface area (Å²) in [6.45, 7) is -0.293. The molecule has 0 bridgehead atoms. The zero-order valence-corrected chi connectivity index (χ0v) is 8.97. The lowest BCUT2D eigenvalue weighted by atomic mass is 10.1. The number of methoxy groups -OCH3 is 1. The largest absolute Gasteiger partial charge is 0.465 e. The summed E-state index contributed by atoms with van der Waals surface area (Å²) >= 11 is 3.10. The van der Waals surface area contributed by atoms with Crippen molar-refractivity contribution in [2.75, 3.05) is 7.11 Å². The standard InChI is InChI=1S/C9H8BrFO3/c1-14-9(13)6-3-7(10)5(4-12)2-8(6)11/h2-3,12H,4H2,1H3. The van der Waals surface area contributed by atoms with E-state index in [2.05, 4.69) is 20.7 Å². The molecule has 5 heteroatoms. The van der Waals surface area contributed by atoms with Gasteiger partial charge in [-0.05, 0) is 17.7 Å². The molecule has 1 rings (SSSR count). The highest BCUT2D eigenvalue weighted by Gasteiger charge is 2.14. The summed E-state index contributed by atoms with van der Waals surface area (Å²) in [6.07, 6.45) is 0. The Bertz CT molecular complexity index is 365. The van der Waals surface area contributed by atoms with Gasteiger partial charge in [0, 0.05) is 4.47 Å². The number of aliphatic hydroxyl groups excluding tert-OH is 1. The van der Waals surface area contributed by atoms with Crippen molar-refractivity contribution >= 4 is 21.9 Å². The maximum Gasteiger partial charge on any atom is 0.340 e. The van der Waals surface area contributed by atoms with Gasteiger partial charge in [-0.2, -0.15) is 0 Å². The summed E-state index contributed by atoms with van der Waals surface area (Å²) < 4.78 is 18.1. The lowest BCUT2D eigenvalue weighted by molar-refractivity contribution is 0.0595. The van der Waals surface area contributed by atoms with Crippen molar-refractivity contribution in [3.8, 4) is 0 Å². The van der Waals surface area contributed by atoms with Gasteiger partial charge in [0.05, 0.1) is 19.3 Å². The van der Waals surface area contributed by atoms with E-state index in [4.69, 9.17) is 5.11 Å². The average Bonchev–Trinajstić information content (AvgIpc) is 2.19. The Kier molecular flexibility index (Phi) is 3.60. The first-order chi connectivity index (χ1) is 6.60. The van der Waals surface area contributed by atoms with E-state index in [1.54, 1.807) is 0 Å². The Labute approximate surface area is 88.6 Å². The molecule has 0 aliphatic carbocycles. The van der Waals surface area contributed by atoms with Crippen LogP contribution in [0, 0.1) is 5.82 Å². The molecule has 0 spiro atoms. The van der Waals surface area contributed by atoms with Crippen LogP contribution in [0.1, 0.15) is 15.9 Å². The minimum absolute atomic E-state index is 0.156. The van der Waals surface area contributed by atoms with Crippen LogP contribution < -0.4 is 0 Å². The fraction of sp³-hybridized carbons (Fsp3) is 0.222. The highest BCUT2D eigenvalue weighted by Crippen LogP contribution is 2.21. The van der Waals surface area contributed by atoms with Crippen molar-refractivity contribution in [3.63, 3.8) is 0 Å². The molecule has 0 radical (unpaired) electrons. The van der Waals surface area contributed by atoms with Crippen molar-refractivity contribution < 1.29 is 19.0 Å². The van der Waals surface area contributed by atoms with Crippen molar-refractivity contribution in [2.24, 2.45) is 0 Å². The van der Waals surface area contributed by atoms with Crippen LogP contribution in [0.15, 0.2) is 16.6 Å². The first kappa shape index (κ1) is 11.1. The summed E-state index contributed by atoms with van der Waals surface area (Å²) in [5.41, 5.74) is 0.228. The number of benzene rings is 1. The van der Waals surface area contributed by atoms with E-state index in [1.807, 2.05) is 0 Å². The minimum atomic E-state index is -0.743. The second kappa shape index (κ2) is 4.52. The fourth-order valence-electron chi connectivity index (χ4n) is 0.976. The van der Waals surface area contributed by atoms with Crippen molar-refractivity contribution in [1.82, 2.24) is 0 Å². The summed E-state index contributed by atoms with van der Waals surface area (Å²) in [5, 5.41) is 8.82. The molecule has 3 nitrogen and oxygen atoms in total. The number of halogens is 2. The van der Waals surface area contributed by atoms with Gasteiger partial charge in [-0.1, -0.05) is 15.9 Å². The third kappa shape index (κ3) is 2.10. The number of rotatable bonds is 2. The molecule has 0 fully saturated rings. The number of hydrogen-bond donors (Lipinski definition) is 1. The van der Waals surface area contributed by atoms with E-state index in [9.17, 15) is 9.18 Å². The molecular weight excluding hydrogens is 255 g/mol. The van der Waals surface area contributed by atoms with Gasteiger partial charge in [-0.15, -0.1) is 0 Å². The van der Waals surface area contributed by atoms with Gasteiger partial charge in [0.15, 0.2) is 0 Å². The van der Waals surface area contributed by atoms with Crippen LogP contribution in [0.2, 0.25) is 0 Å². The number of ether oxygens (including phenoxy) is 1. The molecule has 1 aromatic rings. The van der Waals surface area contributed by atoms with Crippen molar-refractivity contribution in [1.29, 1.82) is 0 Å². The smallest absolute Gasteiger partial charge is 0.340 e. The van der Waals surface area contributed by atoms with E-state index in [0.29, 0.717) is 10.0 Å². The minimum Gasteiger partial charge on any atom is -0.465 e. The Morgan fingerprint density at radius 1 is 1.64 bits per heavy atom. The Hall–Kier alpha value is -0.940. The first-order valence-electron chi connectivity index (χ1n) is 3.77. The number of aliphatic hydroxyl groups is 1. The molecule has 0 heterocycles. The van der Waals surface area contributed by atoms with Crippen LogP contribution in [-0.4, -0.2) is 18.2 Å². The first-order valence-corrected chi connectivity index (χ1v) is 4.56. The number of carbonyl (C=O) groups excluding carboxylic acids is 1. The van der Waals surface area contributed by atoms with Crippen molar-refractivity contribution in [2.45, 2.75) is 6.61 Å². The molecule has 0 aromatic heterocycles. The Morgan fingerprint density at radius 2 is 2.29 bits per heavy atom. The third-order valence-electron chi connectivity index (χ3n) is 1.71. The zero-order chi connectivity index (χ0) is 10.7. The molecular formula is C9H8BrFO3. The summed E-state index contributed by atoms with van der Waals surface area (Å²) in [4.78, 5) is 11.0. The second-order valence-corrected chi connectivity index (χ2v) is 3.43. The monoisotopic (exact) mass is 262 g/mol. The molecule has 0 aliphatic heterocycles. The van der Waals surface area contributed by atoms with E-state index >= 15 is 0 Å². The van der Waals surface area contributed by atoms with Crippen LogP contribution in [0.5, 0.6) is 0 Å². The van der Waals surface area contributed by atoms with Gasteiger partial charge in [0.2, 0.25) is 0 Å². The lowest BCUT2D eigenvalue weighted by Crippen LogP contribution is -2.05. The number of esters is 1. The van der Waals surface area contributed by atoms with Gasteiger partial charge in [0.1, 0.15) is 5.82 Å². The SMILES string of the molecule is COC(=O)c1cc(Br)c(CO)cc1F. The maximum atomic E-state index is 13.2. The van der Waals surface area contributed by atoms with Crippen molar-refractivity contribution in [3.05, 3.63) is 33.5 Å². The van der Waals surface area contributed by atoms with Crippen LogP contribution in [-0.2, 0) is 11.3 Å². The Balaban J connectivity index is 3.21. The predicted molar refractivity (Wildman–Crippen MR) is 51.4 cm³/mol. The molecule has 14 heavy (non-hydrogen) atoms. The van der Waals surface area contributed by atoms with Crippen LogP contribution >= 0.6 is 15.9 Å². The van der Waals surface area contributed by atoms with Gasteiger partial charge in [0.25, 0.3) is 0 Å². The highest BCUT2D eigenvalue weighted by atomic mass is 79.9. The van der Waals surface area contributed by atoms with Gasteiger partial charge in [-0.25, -0.2) is 9.18 Å². The van der Waals surface area contributed by atoms with Gasteiger partial charge < -0.3 is 9.84 Å². The molecule has 0 amide bonds. The molecule has 1 N–H and O–H groups in total. The van der Waals surface area contributed by atoms with Gasteiger partial charge >= 0.3 is 5.97 Å². The van der Waals surface area contributed by atoms with Gasteiger partial charge in [-0.3, -0.25) is 0 Å². The molecule has 0 saturated heterocycles. The highest BCUT2D eigenvalue weighted by molar-refractivity contribution is 9.10. The lowest BCUT2D eigenvalue weighted by Gasteiger charge is -2.05. The van der Waals surface area contributed by atoms with Crippen LogP contribution in [0.25, 0.3) is 0 Å².